The molecule has 1 heterocycles. The van der Waals surface area contributed by atoms with E-state index in [-0.39, 0.29) is 5.91 Å². The Hall–Kier alpha value is -0.830. The smallest absolute Gasteiger partial charge is 0.243 e. The van der Waals surface area contributed by atoms with E-state index in [1.54, 1.807) is 0 Å². The van der Waals surface area contributed by atoms with Crippen LogP contribution in [0.3, 0.4) is 0 Å². The zero-order valence-corrected chi connectivity index (χ0v) is 9.12. The van der Waals surface area contributed by atoms with Crippen LogP contribution in [0.1, 0.15) is 20.3 Å². The van der Waals surface area contributed by atoms with Crippen molar-refractivity contribution in [2.75, 3.05) is 19.6 Å². The third-order valence-corrected chi connectivity index (χ3v) is 2.80. The molecule has 3 heteroatoms. The van der Waals surface area contributed by atoms with Crippen molar-refractivity contribution in [3.63, 3.8) is 0 Å². The van der Waals surface area contributed by atoms with Gasteiger partial charge in [-0.25, -0.2) is 0 Å². The van der Waals surface area contributed by atoms with Crippen molar-refractivity contribution in [3.8, 4) is 0 Å². The summed E-state index contributed by atoms with van der Waals surface area (Å²) in [6.07, 6.45) is 2.52. The number of hydrogen-bond donors (Lipinski definition) is 1. The van der Waals surface area contributed by atoms with Crippen molar-refractivity contribution in [2.45, 2.75) is 26.3 Å². The Bertz CT molecular complexity index is 213. The first kappa shape index (κ1) is 11.2. The summed E-state index contributed by atoms with van der Waals surface area (Å²) in [4.78, 5) is 13.4. The molecule has 0 aliphatic carbocycles. The van der Waals surface area contributed by atoms with Crippen LogP contribution in [0, 0.1) is 5.92 Å². The minimum Gasteiger partial charge on any atom is -0.352 e. The second-order valence-electron chi connectivity index (χ2n) is 4.19. The molecule has 0 spiro atoms. The quantitative estimate of drug-likeness (QED) is 0.681. The van der Waals surface area contributed by atoms with E-state index in [2.05, 4.69) is 30.6 Å². The van der Waals surface area contributed by atoms with Gasteiger partial charge in [0.05, 0.1) is 0 Å². The van der Waals surface area contributed by atoms with E-state index >= 15 is 0 Å². The Labute approximate surface area is 86.2 Å². The van der Waals surface area contributed by atoms with Crippen LogP contribution in [0.4, 0.5) is 0 Å². The molecule has 1 atom stereocenters. The Morgan fingerprint density at radius 2 is 2.43 bits per heavy atom. The van der Waals surface area contributed by atoms with Crippen LogP contribution in [0.5, 0.6) is 0 Å². The van der Waals surface area contributed by atoms with E-state index in [0.29, 0.717) is 12.0 Å². The first-order valence-corrected chi connectivity index (χ1v) is 5.27. The number of nitrogens with zero attached hydrogens (tertiary/aromatic N) is 1. The topological polar surface area (TPSA) is 32.3 Å². The van der Waals surface area contributed by atoms with Crippen LogP contribution >= 0.6 is 0 Å². The number of nitrogens with one attached hydrogen (secondary N) is 1. The lowest BCUT2D eigenvalue weighted by Crippen LogP contribution is -2.32. The Balaban J connectivity index is 2.22. The fourth-order valence-electron chi connectivity index (χ4n) is 1.82. The van der Waals surface area contributed by atoms with E-state index in [9.17, 15) is 4.79 Å². The minimum absolute atomic E-state index is 0.0620. The summed E-state index contributed by atoms with van der Waals surface area (Å²) in [6.45, 7) is 10.9. The predicted octanol–water partition coefficient (Wildman–Crippen LogP) is 1.02. The van der Waals surface area contributed by atoms with Gasteiger partial charge in [-0.1, -0.05) is 6.58 Å². The summed E-state index contributed by atoms with van der Waals surface area (Å²) in [5.74, 6) is 0.550. The highest BCUT2D eigenvalue weighted by Crippen LogP contribution is 2.17. The van der Waals surface area contributed by atoms with Gasteiger partial charge >= 0.3 is 0 Å². The molecular formula is C11H20N2O. The van der Waals surface area contributed by atoms with Gasteiger partial charge in [-0.05, 0) is 38.8 Å². The highest BCUT2D eigenvalue weighted by atomic mass is 16.1. The third kappa shape index (κ3) is 3.14. The number of amides is 1. The molecule has 1 aliphatic rings. The van der Waals surface area contributed by atoms with Gasteiger partial charge < -0.3 is 10.2 Å². The Morgan fingerprint density at radius 3 is 2.93 bits per heavy atom. The number of rotatable bonds is 4. The lowest BCUT2D eigenvalue weighted by Gasteiger charge is -2.20. The Morgan fingerprint density at radius 1 is 1.71 bits per heavy atom. The number of hydrogen-bond acceptors (Lipinski definition) is 2. The molecule has 14 heavy (non-hydrogen) atoms. The molecule has 0 bridgehead atoms. The van der Waals surface area contributed by atoms with Crippen molar-refractivity contribution >= 4 is 5.91 Å². The molecule has 1 aliphatic heterocycles. The third-order valence-electron chi connectivity index (χ3n) is 2.80. The SMILES string of the molecule is C=CC(=O)NCC1CCN(C(C)C)C1. The van der Waals surface area contributed by atoms with Crippen LogP contribution in [0.2, 0.25) is 0 Å². The summed E-state index contributed by atoms with van der Waals surface area (Å²) >= 11 is 0. The summed E-state index contributed by atoms with van der Waals surface area (Å²) in [7, 11) is 0. The van der Waals surface area contributed by atoms with Crippen LogP contribution in [-0.4, -0.2) is 36.5 Å². The monoisotopic (exact) mass is 196 g/mol. The number of likely N-dealkylation sites (tertiary alicyclic amines) is 1. The van der Waals surface area contributed by atoms with Crippen molar-refractivity contribution < 1.29 is 4.79 Å². The maximum atomic E-state index is 10.9. The maximum absolute atomic E-state index is 10.9. The van der Waals surface area contributed by atoms with Gasteiger partial charge in [0.1, 0.15) is 0 Å². The summed E-state index contributed by atoms with van der Waals surface area (Å²) in [5.41, 5.74) is 0. The van der Waals surface area contributed by atoms with E-state index in [0.717, 1.165) is 19.6 Å². The fraction of sp³-hybridized carbons (Fsp3) is 0.727. The summed E-state index contributed by atoms with van der Waals surface area (Å²) < 4.78 is 0. The van der Waals surface area contributed by atoms with Crippen molar-refractivity contribution in [1.82, 2.24) is 10.2 Å². The number of carbonyl (C=O) groups excluding carboxylic acids is 1. The first-order valence-electron chi connectivity index (χ1n) is 5.27. The Kier molecular flexibility index (Phi) is 4.14. The van der Waals surface area contributed by atoms with E-state index in [1.165, 1.54) is 12.5 Å². The van der Waals surface area contributed by atoms with E-state index < -0.39 is 0 Å². The molecule has 1 N–H and O–H groups in total. The second-order valence-corrected chi connectivity index (χ2v) is 4.19. The standard InChI is InChI=1S/C11H20N2O/c1-4-11(14)12-7-10-5-6-13(8-10)9(2)3/h4,9-10H,1,5-8H2,2-3H3,(H,12,14). The zero-order valence-electron chi connectivity index (χ0n) is 9.12. The minimum atomic E-state index is -0.0620. The van der Waals surface area contributed by atoms with Gasteiger partial charge in [-0.3, -0.25) is 4.79 Å². The number of carbonyl (C=O) groups is 1. The maximum Gasteiger partial charge on any atom is 0.243 e. The van der Waals surface area contributed by atoms with Gasteiger partial charge in [0.25, 0.3) is 0 Å². The predicted molar refractivity (Wildman–Crippen MR) is 58.0 cm³/mol. The molecule has 1 amide bonds. The summed E-state index contributed by atoms with van der Waals surface area (Å²) in [6, 6.07) is 0.620. The highest BCUT2D eigenvalue weighted by Gasteiger charge is 2.23. The van der Waals surface area contributed by atoms with Gasteiger partial charge in [0, 0.05) is 19.1 Å². The zero-order chi connectivity index (χ0) is 10.6. The van der Waals surface area contributed by atoms with Gasteiger partial charge in [-0.15, -0.1) is 0 Å². The van der Waals surface area contributed by atoms with Gasteiger partial charge in [0.2, 0.25) is 5.91 Å². The van der Waals surface area contributed by atoms with Crippen molar-refractivity contribution in [1.29, 1.82) is 0 Å². The van der Waals surface area contributed by atoms with E-state index in [4.69, 9.17) is 0 Å². The van der Waals surface area contributed by atoms with Gasteiger partial charge in [0.15, 0.2) is 0 Å². The second kappa shape index (κ2) is 5.15. The largest absolute Gasteiger partial charge is 0.352 e. The van der Waals surface area contributed by atoms with E-state index in [1.807, 2.05) is 0 Å². The molecule has 1 fully saturated rings. The molecule has 1 saturated heterocycles. The molecule has 1 unspecified atom stereocenters. The highest BCUT2D eigenvalue weighted by molar-refractivity contribution is 5.86. The lowest BCUT2D eigenvalue weighted by atomic mass is 10.1. The lowest BCUT2D eigenvalue weighted by molar-refractivity contribution is -0.116. The molecule has 3 nitrogen and oxygen atoms in total. The molecule has 0 aromatic heterocycles. The first-order chi connectivity index (χ1) is 6.63. The van der Waals surface area contributed by atoms with Crippen molar-refractivity contribution in [2.24, 2.45) is 5.92 Å². The fourth-order valence-corrected chi connectivity index (χ4v) is 1.82. The molecule has 0 aromatic carbocycles. The summed E-state index contributed by atoms with van der Waals surface area (Å²) in [5, 5.41) is 2.85. The molecular weight excluding hydrogens is 176 g/mol. The normalized spacial score (nSPS) is 22.6. The average molecular weight is 196 g/mol. The van der Waals surface area contributed by atoms with Crippen molar-refractivity contribution in [3.05, 3.63) is 12.7 Å². The van der Waals surface area contributed by atoms with Crippen LogP contribution < -0.4 is 5.32 Å². The molecule has 0 radical (unpaired) electrons. The molecule has 80 valence electrons. The molecule has 1 rings (SSSR count). The molecule has 0 aromatic rings. The average Bonchev–Trinajstić information content (AvgIpc) is 2.62. The van der Waals surface area contributed by atoms with Crippen LogP contribution in [0.25, 0.3) is 0 Å². The molecule has 0 saturated carbocycles. The van der Waals surface area contributed by atoms with Gasteiger partial charge in [-0.2, -0.15) is 0 Å². The van der Waals surface area contributed by atoms with Crippen LogP contribution in [0.15, 0.2) is 12.7 Å². The van der Waals surface area contributed by atoms with Crippen LogP contribution in [-0.2, 0) is 4.79 Å².